The number of halogens is 2. The number of hydrogen-bond donors (Lipinski definition) is 1. The van der Waals surface area contributed by atoms with Crippen LogP contribution in [0.5, 0.6) is 0 Å². The van der Waals surface area contributed by atoms with E-state index in [-0.39, 0.29) is 31.5 Å². The molecule has 0 aliphatic carbocycles. The van der Waals surface area contributed by atoms with Gasteiger partial charge in [0.2, 0.25) is 5.91 Å². The van der Waals surface area contributed by atoms with E-state index < -0.39 is 29.1 Å². The second-order valence-electron chi connectivity index (χ2n) is 4.98. The molecule has 1 aromatic carbocycles. The van der Waals surface area contributed by atoms with Gasteiger partial charge < -0.3 is 14.7 Å². The lowest BCUT2D eigenvalue weighted by Crippen LogP contribution is -2.44. The van der Waals surface area contributed by atoms with Crippen LogP contribution in [0.2, 0.25) is 0 Å². The molecule has 114 valence electrons. The van der Waals surface area contributed by atoms with Crippen LogP contribution in [0.3, 0.4) is 0 Å². The number of carbonyl (C=O) groups excluding carboxylic acids is 1. The van der Waals surface area contributed by atoms with Gasteiger partial charge in [-0.2, -0.15) is 0 Å². The molecule has 1 aliphatic heterocycles. The summed E-state index contributed by atoms with van der Waals surface area (Å²) in [5.74, 6) is -3.05. The molecule has 0 spiro atoms. The molecule has 2 rings (SSSR count). The first-order valence-electron chi connectivity index (χ1n) is 6.38. The Morgan fingerprint density at radius 2 is 2.14 bits per heavy atom. The molecule has 0 bridgehead atoms. The van der Waals surface area contributed by atoms with Crippen LogP contribution in [-0.2, 0) is 20.7 Å². The van der Waals surface area contributed by atoms with Gasteiger partial charge in [-0.1, -0.05) is 6.07 Å². The number of rotatable bonds is 4. The van der Waals surface area contributed by atoms with E-state index in [0.717, 1.165) is 6.07 Å². The number of carboxylic acid groups (broad SMARTS) is 1. The van der Waals surface area contributed by atoms with E-state index in [1.807, 2.05) is 0 Å². The van der Waals surface area contributed by atoms with Gasteiger partial charge in [-0.25, -0.2) is 13.6 Å². The third-order valence-corrected chi connectivity index (χ3v) is 3.72. The van der Waals surface area contributed by atoms with Crippen molar-refractivity contribution in [3.8, 4) is 0 Å². The predicted octanol–water partition coefficient (Wildman–Crippen LogP) is 1.21. The van der Waals surface area contributed by atoms with E-state index in [1.165, 1.54) is 18.1 Å². The van der Waals surface area contributed by atoms with Crippen LogP contribution < -0.4 is 0 Å². The van der Waals surface area contributed by atoms with Crippen molar-refractivity contribution in [3.63, 3.8) is 0 Å². The summed E-state index contributed by atoms with van der Waals surface area (Å²) in [6, 6.07) is 3.00. The normalized spacial score (nSPS) is 21.6. The number of nitrogens with zero attached hydrogens (tertiary/aromatic N) is 1. The van der Waals surface area contributed by atoms with Crippen LogP contribution in [0.25, 0.3) is 0 Å². The number of aliphatic carboxylic acids is 1. The molecule has 1 heterocycles. The van der Waals surface area contributed by atoms with E-state index in [9.17, 15) is 18.4 Å². The Hall–Kier alpha value is -2.02. The van der Waals surface area contributed by atoms with Crippen molar-refractivity contribution in [2.75, 3.05) is 20.2 Å². The van der Waals surface area contributed by atoms with Crippen molar-refractivity contribution in [1.29, 1.82) is 0 Å². The van der Waals surface area contributed by atoms with Gasteiger partial charge in [0.25, 0.3) is 0 Å². The fraction of sp³-hybridized carbons (Fsp3) is 0.429. The van der Waals surface area contributed by atoms with Gasteiger partial charge in [0.05, 0.1) is 13.0 Å². The van der Waals surface area contributed by atoms with Crippen LogP contribution in [0.1, 0.15) is 12.0 Å². The molecule has 1 N–H and O–H groups in total. The molecular weight excluding hydrogens is 284 g/mol. The highest BCUT2D eigenvalue weighted by molar-refractivity contribution is 5.83. The molecule has 1 fully saturated rings. The molecule has 1 atom stereocenters. The van der Waals surface area contributed by atoms with Gasteiger partial charge in [-0.15, -0.1) is 0 Å². The molecule has 0 radical (unpaired) electrons. The van der Waals surface area contributed by atoms with E-state index in [0.29, 0.717) is 6.07 Å². The van der Waals surface area contributed by atoms with E-state index in [1.54, 1.807) is 0 Å². The number of amides is 1. The average molecular weight is 299 g/mol. The first kappa shape index (κ1) is 15.4. The number of ether oxygens (including phenoxy) is 1. The minimum atomic E-state index is -1.41. The maximum absolute atomic E-state index is 13.5. The zero-order valence-corrected chi connectivity index (χ0v) is 11.4. The SMILES string of the molecule is COC1(C(=O)O)CCN(C(=O)Cc2ccc(F)cc2F)C1. The summed E-state index contributed by atoms with van der Waals surface area (Å²) in [6.45, 7) is 0.141. The topological polar surface area (TPSA) is 66.8 Å². The Morgan fingerprint density at radius 3 is 2.67 bits per heavy atom. The van der Waals surface area contributed by atoms with Crippen molar-refractivity contribution in [3.05, 3.63) is 35.4 Å². The highest BCUT2D eigenvalue weighted by atomic mass is 19.1. The highest BCUT2D eigenvalue weighted by Gasteiger charge is 2.46. The maximum Gasteiger partial charge on any atom is 0.337 e. The second kappa shape index (κ2) is 5.77. The predicted molar refractivity (Wildman–Crippen MR) is 68.6 cm³/mol. The summed E-state index contributed by atoms with van der Waals surface area (Å²) in [6.07, 6.45) is -0.0675. The van der Waals surface area contributed by atoms with Crippen molar-refractivity contribution < 1.29 is 28.2 Å². The van der Waals surface area contributed by atoms with Gasteiger partial charge in [0, 0.05) is 26.1 Å². The quantitative estimate of drug-likeness (QED) is 0.907. The summed E-state index contributed by atoms with van der Waals surface area (Å²) in [5, 5.41) is 9.16. The molecule has 1 amide bonds. The first-order valence-corrected chi connectivity index (χ1v) is 6.38. The summed E-state index contributed by atoms with van der Waals surface area (Å²) < 4.78 is 31.3. The molecule has 21 heavy (non-hydrogen) atoms. The number of hydrogen-bond acceptors (Lipinski definition) is 3. The molecule has 1 saturated heterocycles. The number of carbonyl (C=O) groups is 2. The standard InChI is InChI=1S/C14H15F2NO4/c1-21-14(13(19)20)4-5-17(8-14)12(18)6-9-2-3-10(15)7-11(9)16/h2-3,7H,4-6,8H2,1H3,(H,19,20). The summed E-state index contributed by atoms with van der Waals surface area (Å²) >= 11 is 0. The van der Waals surface area contributed by atoms with Crippen molar-refractivity contribution in [2.24, 2.45) is 0 Å². The van der Waals surface area contributed by atoms with Crippen LogP contribution in [0, 0.1) is 11.6 Å². The zero-order valence-electron chi connectivity index (χ0n) is 11.4. The van der Waals surface area contributed by atoms with Crippen LogP contribution in [0.4, 0.5) is 8.78 Å². The molecule has 1 aliphatic rings. The molecular formula is C14H15F2NO4. The van der Waals surface area contributed by atoms with Crippen LogP contribution >= 0.6 is 0 Å². The van der Waals surface area contributed by atoms with E-state index >= 15 is 0 Å². The van der Waals surface area contributed by atoms with Gasteiger partial charge in [0.1, 0.15) is 11.6 Å². The molecule has 1 unspecified atom stereocenters. The van der Waals surface area contributed by atoms with Gasteiger partial charge in [0.15, 0.2) is 5.60 Å². The maximum atomic E-state index is 13.5. The van der Waals surface area contributed by atoms with Gasteiger partial charge in [-0.3, -0.25) is 4.79 Å². The molecule has 5 nitrogen and oxygen atoms in total. The molecule has 1 aromatic rings. The second-order valence-corrected chi connectivity index (χ2v) is 4.98. The fourth-order valence-corrected chi connectivity index (χ4v) is 2.36. The first-order chi connectivity index (χ1) is 9.88. The number of benzene rings is 1. The number of methoxy groups -OCH3 is 1. The Kier molecular flexibility index (Phi) is 4.22. The summed E-state index contributed by atoms with van der Waals surface area (Å²) in [7, 11) is 1.28. The summed E-state index contributed by atoms with van der Waals surface area (Å²) in [4.78, 5) is 24.6. The van der Waals surface area contributed by atoms with Gasteiger partial charge >= 0.3 is 5.97 Å². The lowest BCUT2D eigenvalue weighted by molar-refractivity contribution is -0.160. The minimum Gasteiger partial charge on any atom is -0.479 e. The van der Waals surface area contributed by atoms with E-state index in [2.05, 4.69) is 0 Å². The average Bonchev–Trinajstić information content (AvgIpc) is 2.88. The Labute approximate surface area is 120 Å². The van der Waals surface area contributed by atoms with Crippen molar-refractivity contribution >= 4 is 11.9 Å². The van der Waals surface area contributed by atoms with Crippen LogP contribution in [-0.4, -0.2) is 47.7 Å². The number of likely N-dealkylation sites (tertiary alicyclic amines) is 1. The summed E-state index contributed by atoms with van der Waals surface area (Å²) in [5.41, 5.74) is -1.33. The largest absolute Gasteiger partial charge is 0.479 e. The van der Waals surface area contributed by atoms with Crippen LogP contribution in [0.15, 0.2) is 18.2 Å². The smallest absolute Gasteiger partial charge is 0.337 e. The Balaban J connectivity index is 2.07. The lowest BCUT2D eigenvalue weighted by Gasteiger charge is -2.23. The minimum absolute atomic E-state index is 0.0756. The monoisotopic (exact) mass is 299 g/mol. The molecule has 0 aromatic heterocycles. The Morgan fingerprint density at radius 1 is 1.43 bits per heavy atom. The third kappa shape index (κ3) is 3.02. The van der Waals surface area contributed by atoms with Crippen molar-refractivity contribution in [2.45, 2.75) is 18.4 Å². The molecule has 7 heteroatoms. The van der Waals surface area contributed by atoms with E-state index in [4.69, 9.17) is 9.84 Å². The lowest BCUT2D eigenvalue weighted by atomic mass is 10.0. The Bertz CT molecular complexity index is 578. The van der Waals surface area contributed by atoms with Crippen molar-refractivity contribution in [1.82, 2.24) is 4.90 Å². The third-order valence-electron chi connectivity index (χ3n) is 3.72. The van der Waals surface area contributed by atoms with Gasteiger partial charge in [-0.05, 0) is 11.6 Å². The molecule has 0 saturated carbocycles. The fourth-order valence-electron chi connectivity index (χ4n) is 2.36. The number of carboxylic acids is 1. The zero-order chi connectivity index (χ0) is 15.6. The highest BCUT2D eigenvalue weighted by Crippen LogP contribution is 2.26.